The van der Waals surface area contributed by atoms with Crippen molar-refractivity contribution in [3.05, 3.63) is 0 Å². The second kappa shape index (κ2) is 29.4. The van der Waals surface area contributed by atoms with Gasteiger partial charge in [-0.3, -0.25) is 4.79 Å². The second-order valence-corrected chi connectivity index (χ2v) is 13.9. The van der Waals surface area contributed by atoms with E-state index in [-0.39, 0.29) is 5.91 Å². The highest BCUT2D eigenvalue weighted by molar-refractivity contribution is 5.85. The number of nitrogens with one attached hydrogen (secondary N) is 1. The van der Waals surface area contributed by atoms with Gasteiger partial charge in [-0.2, -0.15) is 0 Å². The largest absolute Gasteiger partial charge is 0.444 e. The highest BCUT2D eigenvalue weighted by atomic mass is 16.6. The third-order valence-corrected chi connectivity index (χ3v) is 8.31. The number of nitrogens with two attached hydrogens (primary N) is 1. The molecule has 0 heterocycles. The Balaban J connectivity index is 4.77. The van der Waals surface area contributed by atoms with Crippen LogP contribution in [0.25, 0.3) is 0 Å². The summed E-state index contributed by atoms with van der Waals surface area (Å²) >= 11 is 0. The van der Waals surface area contributed by atoms with Crippen molar-refractivity contribution in [3.63, 3.8) is 0 Å². The molecule has 0 aromatic heterocycles. The number of rotatable bonds is 30. The number of hydrogen-bond acceptors (Lipinski definition) is 4. The van der Waals surface area contributed by atoms with Gasteiger partial charge < -0.3 is 20.7 Å². The summed E-state index contributed by atoms with van der Waals surface area (Å²) in [5.74, 6) is 0.0434. The van der Waals surface area contributed by atoms with Crippen molar-refractivity contribution in [2.24, 2.45) is 5.73 Å². The van der Waals surface area contributed by atoms with E-state index in [0.29, 0.717) is 13.0 Å². The molecule has 0 aromatic rings. The molecule has 1 unspecified atom stereocenters. The van der Waals surface area contributed by atoms with Crippen molar-refractivity contribution in [3.8, 4) is 0 Å². The highest BCUT2D eigenvalue weighted by Gasteiger charge is 2.27. The fraction of sp³-hybridized carbons (Fsp3) is 0.946. The SMILES string of the molecule is CCCCCCCCCCCCCCN(CCCCCCCCCCCC)C(=O)C(CCCCN)NC(=O)OC(C)(C)C. The van der Waals surface area contributed by atoms with Gasteiger partial charge in [0.25, 0.3) is 0 Å². The summed E-state index contributed by atoms with van der Waals surface area (Å²) in [4.78, 5) is 28.4. The Morgan fingerprint density at radius 3 is 1.33 bits per heavy atom. The molecular weight excluding hydrogens is 534 g/mol. The Bertz CT molecular complexity index is 635. The van der Waals surface area contributed by atoms with Crippen molar-refractivity contribution >= 4 is 12.0 Å². The van der Waals surface area contributed by atoms with E-state index in [9.17, 15) is 9.59 Å². The van der Waals surface area contributed by atoms with Gasteiger partial charge in [-0.05, 0) is 59.4 Å². The average molecular weight is 610 g/mol. The number of amides is 2. The van der Waals surface area contributed by atoms with Crippen LogP contribution in [0.5, 0.6) is 0 Å². The van der Waals surface area contributed by atoms with E-state index in [1.165, 1.54) is 116 Å². The van der Waals surface area contributed by atoms with Crippen LogP contribution in [-0.4, -0.2) is 48.2 Å². The Labute approximate surface area is 268 Å². The first-order valence-electron chi connectivity index (χ1n) is 18.7. The van der Waals surface area contributed by atoms with Crippen LogP contribution in [-0.2, 0) is 9.53 Å². The summed E-state index contributed by atoms with van der Waals surface area (Å²) < 4.78 is 5.50. The molecular formula is C37H75N3O3. The van der Waals surface area contributed by atoms with E-state index in [4.69, 9.17) is 10.5 Å². The molecule has 0 bridgehead atoms. The maximum atomic E-state index is 13.8. The number of hydrogen-bond donors (Lipinski definition) is 2. The van der Waals surface area contributed by atoms with Crippen LogP contribution in [0.1, 0.15) is 195 Å². The molecule has 0 saturated carbocycles. The minimum atomic E-state index is -0.598. The van der Waals surface area contributed by atoms with Gasteiger partial charge in [0.05, 0.1) is 0 Å². The molecule has 0 saturated heterocycles. The monoisotopic (exact) mass is 610 g/mol. The lowest BCUT2D eigenvalue weighted by Crippen LogP contribution is -2.50. The van der Waals surface area contributed by atoms with Crippen LogP contribution >= 0.6 is 0 Å². The van der Waals surface area contributed by atoms with Crippen LogP contribution < -0.4 is 11.1 Å². The van der Waals surface area contributed by atoms with Crippen LogP contribution in [0, 0.1) is 0 Å². The standard InChI is InChI=1S/C37H75N3O3/c1-6-8-10-12-14-16-18-19-21-23-25-29-33-40(32-28-24-22-20-17-15-13-11-9-7-2)35(41)34(30-26-27-31-38)39-36(42)43-37(3,4)5/h34H,6-33,38H2,1-5H3,(H,39,42). The summed E-state index contributed by atoms with van der Waals surface area (Å²) in [6.07, 6.45) is 30.2. The first-order chi connectivity index (χ1) is 20.7. The summed E-state index contributed by atoms with van der Waals surface area (Å²) in [5.41, 5.74) is 5.13. The zero-order chi connectivity index (χ0) is 32.0. The predicted molar refractivity (Wildman–Crippen MR) is 186 cm³/mol. The predicted octanol–water partition coefficient (Wildman–Crippen LogP) is 10.5. The topological polar surface area (TPSA) is 84.7 Å². The molecule has 0 aliphatic rings. The average Bonchev–Trinajstić information content (AvgIpc) is 2.95. The fourth-order valence-corrected chi connectivity index (χ4v) is 5.69. The number of carbonyl (C=O) groups excluding carboxylic acids is 2. The summed E-state index contributed by atoms with van der Waals surface area (Å²) in [6.45, 7) is 12.2. The molecule has 2 amide bonds. The first-order valence-corrected chi connectivity index (χ1v) is 18.7. The number of unbranched alkanes of at least 4 members (excludes halogenated alkanes) is 21. The van der Waals surface area contributed by atoms with Gasteiger partial charge in [0.15, 0.2) is 0 Å². The van der Waals surface area contributed by atoms with E-state index in [1.54, 1.807) is 0 Å². The Morgan fingerprint density at radius 2 is 0.977 bits per heavy atom. The summed E-state index contributed by atoms with van der Waals surface area (Å²) in [6, 6.07) is -0.554. The normalized spacial score (nSPS) is 12.3. The van der Waals surface area contributed by atoms with Crippen molar-refractivity contribution in [2.45, 2.75) is 207 Å². The fourth-order valence-electron chi connectivity index (χ4n) is 5.69. The molecule has 43 heavy (non-hydrogen) atoms. The number of ether oxygens (including phenoxy) is 1. The zero-order valence-electron chi connectivity index (χ0n) is 29.6. The maximum Gasteiger partial charge on any atom is 0.408 e. The van der Waals surface area contributed by atoms with E-state index >= 15 is 0 Å². The van der Waals surface area contributed by atoms with Crippen LogP contribution in [0.2, 0.25) is 0 Å². The molecule has 0 aliphatic carbocycles. The maximum absolute atomic E-state index is 13.8. The van der Waals surface area contributed by atoms with Gasteiger partial charge in [0, 0.05) is 13.1 Å². The minimum absolute atomic E-state index is 0.0434. The second-order valence-electron chi connectivity index (χ2n) is 13.9. The number of nitrogens with zero attached hydrogens (tertiary/aromatic N) is 1. The quantitative estimate of drug-likeness (QED) is 0.0793. The van der Waals surface area contributed by atoms with Crippen LogP contribution in [0.15, 0.2) is 0 Å². The van der Waals surface area contributed by atoms with Crippen molar-refractivity contribution < 1.29 is 14.3 Å². The molecule has 6 heteroatoms. The highest BCUT2D eigenvalue weighted by Crippen LogP contribution is 2.16. The molecule has 0 rings (SSSR count). The van der Waals surface area contributed by atoms with Gasteiger partial charge in [0.2, 0.25) is 5.91 Å². The van der Waals surface area contributed by atoms with Crippen LogP contribution in [0.4, 0.5) is 4.79 Å². The van der Waals surface area contributed by atoms with Gasteiger partial charge in [-0.15, -0.1) is 0 Å². The molecule has 3 N–H and O–H groups in total. The summed E-state index contributed by atoms with van der Waals surface area (Å²) in [7, 11) is 0. The van der Waals surface area contributed by atoms with Crippen molar-refractivity contribution in [1.82, 2.24) is 10.2 Å². The first kappa shape index (κ1) is 41.7. The van der Waals surface area contributed by atoms with Gasteiger partial charge >= 0.3 is 6.09 Å². The van der Waals surface area contributed by atoms with E-state index in [2.05, 4.69) is 19.2 Å². The van der Waals surface area contributed by atoms with Gasteiger partial charge in [0.1, 0.15) is 11.6 Å². The number of alkyl carbamates (subject to hydrolysis) is 1. The van der Waals surface area contributed by atoms with Crippen molar-refractivity contribution in [2.75, 3.05) is 19.6 Å². The smallest absolute Gasteiger partial charge is 0.408 e. The lowest BCUT2D eigenvalue weighted by atomic mass is 10.0. The molecule has 1 atom stereocenters. The van der Waals surface area contributed by atoms with Crippen molar-refractivity contribution in [1.29, 1.82) is 0 Å². The molecule has 0 radical (unpaired) electrons. The Kier molecular flexibility index (Phi) is 28.5. The van der Waals surface area contributed by atoms with Gasteiger partial charge in [-0.25, -0.2) is 4.79 Å². The number of carbonyl (C=O) groups is 2. The molecule has 0 fully saturated rings. The van der Waals surface area contributed by atoms with Crippen LogP contribution in [0.3, 0.4) is 0 Å². The molecule has 256 valence electrons. The lowest BCUT2D eigenvalue weighted by Gasteiger charge is -2.29. The molecule has 6 nitrogen and oxygen atoms in total. The van der Waals surface area contributed by atoms with E-state index < -0.39 is 17.7 Å². The summed E-state index contributed by atoms with van der Waals surface area (Å²) in [5, 5.41) is 2.90. The van der Waals surface area contributed by atoms with E-state index in [1.807, 2.05) is 25.7 Å². The zero-order valence-corrected chi connectivity index (χ0v) is 29.6. The Morgan fingerprint density at radius 1 is 0.605 bits per heavy atom. The third-order valence-electron chi connectivity index (χ3n) is 8.31. The van der Waals surface area contributed by atoms with E-state index in [0.717, 1.165) is 51.6 Å². The Hall–Kier alpha value is -1.30. The third kappa shape index (κ3) is 28.0. The lowest BCUT2D eigenvalue weighted by molar-refractivity contribution is -0.134. The van der Waals surface area contributed by atoms with Gasteiger partial charge in [-0.1, -0.05) is 142 Å². The molecule has 0 aliphatic heterocycles. The molecule has 0 spiro atoms. The molecule has 0 aromatic carbocycles. The minimum Gasteiger partial charge on any atom is -0.444 e.